The summed E-state index contributed by atoms with van der Waals surface area (Å²) >= 11 is 5.70. The summed E-state index contributed by atoms with van der Waals surface area (Å²) in [6.07, 6.45) is 0. The Labute approximate surface area is 115 Å². The van der Waals surface area contributed by atoms with Gasteiger partial charge in [0, 0.05) is 12.2 Å². The lowest BCUT2D eigenvalue weighted by Crippen LogP contribution is -2.02. The molecule has 0 aliphatic heterocycles. The van der Waals surface area contributed by atoms with Gasteiger partial charge in [-0.15, -0.1) is 0 Å². The minimum Gasteiger partial charge on any atom is -0.399 e. The van der Waals surface area contributed by atoms with E-state index >= 15 is 0 Å². The summed E-state index contributed by atoms with van der Waals surface area (Å²) in [5.74, 6) is -0.449. The van der Waals surface area contributed by atoms with Gasteiger partial charge in [0.25, 0.3) is 0 Å². The summed E-state index contributed by atoms with van der Waals surface area (Å²) in [6.45, 7) is 0.443. The number of nitriles is 1. The molecular formula is C14H11ClFN3. The minimum atomic E-state index is -0.449. The van der Waals surface area contributed by atoms with E-state index in [0.29, 0.717) is 23.5 Å². The number of nitrogens with one attached hydrogen (secondary N) is 1. The molecule has 2 aromatic carbocycles. The highest BCUT2D eigenvalue weighted by Gasteiger charge is 2.04. The van der Waals surface area contributed by atoms with Gasteiger partial charge in [-0.1, -0.05) is 17.7 Å². The average Bonchev–Trinajstić information content (AvgIpc) is 2.41. The molecule has 0 spiro atoms. The Kier molecular flexibility index (Phi) is 3.88. The highest BCUT2D eigenvalue weighted by atomic mass is 35.5. The van der Waals surface area contributed by atoms with E-state index in [2.05, 4.69) is 11.4 Å². The molecule has 3 N–H and O–H groups in total. The fourth-order valence-corrected chi connectivity index (χ4v) is 1.86. The Morgan fingerprint density at radius 3 is 2.74 bits per heavy atom. The lowest BCUT2D eigenvalue weighted by Gasteiger charge is -2.09. The van der Waals surface area contributed by atoms with Gasteiger partial charge < -0.3 is 11.1 Å². The predicted octanol–water partition coefficient (Wildman–Crippen LogP) is 3.55. The zero-order chi connectivity index (χ0) is 13.8. The second-order valence-electron chi connectivity index (χ2n) is 4.02. The van der Waals surface area contributed by atoms with Crippen molar-refractivity contribution in [2.75, 3.05) is 11.1 Å². The largest absolute Gasteiger partial charge is 0.399 e. The molecule has 0 fully saturated rings. The normalized spacial score (nSPS) is 9.95. The number of nitrogens with two attached hydrogens (primary N) is 1. The molecule has 5 heteroatoms. The SMILES string of the molecule is N#Cc1cc(N)ccc1NCc1ccc(F)c(Cl)c1. The van der Waals surface area contributed by atoms with Gasteiger partial charge in [-0.05, 0) is 35.9 Å². The summed E-state index contributed by atoms with van der Waals surface area (Å²) < 4.78 is 13.0. The second-order valence-corrected chi connectivity index (χ2v) is 4.43. The van der Waals surface area contributed by atoms with Gasteiger partial charge in [-0.2, -0.15) is 5.26 Å². The van der Waals surface area contributed by atoms with Crippen LogP contribution in [0.2, 0.25) is 5.02 Å². The van der Waals surface area contributed by atoms with E-state index in [0.717, 1.165) is 5.56 Å². The zero-order valence-electron chi connectivity index (χ0n) is 9.95. The van der Waals surface area contributed by atoms with Gasteiger partial charge >= 0.3 is 0 Å². The molecule has 0 aliphatic carbocycles. The molecule has 96 valence electrons. The predicted molar refractivity (Wildman–Crippen MR) is 74.3 cm³/mol. The second kappa shape index (κ2) is 5.59. The van der Waals surface area contributed by atoms with Crippen LogP contribution in [0.4, 0.5) is 15.8 Å². The Morgan fingerprint density at radius 1 is 1.26 bits per heavy atom. The molecule has 0 saturated carbocycles. The van der Waals surface area contributed by atoms with Crippen molar-refractivity contribution in [1.82, 2.24) is 0 Å². The third-order valence-corrected chi connectivity index (χ3v) is 2.92. The van der Waals surface area contributed by atoms with Crippen molar-refractivity contribution in [2.45, 2.75) is 6.54 Å². The molecule has 0 radical (unpaired) electrons. The van der Waals surface area contributed by atoms with Crippen LogP contribution in [-0.2, 0) is 6.54 Å². The van der Waals surface area contributed by atoms with E-state index in [1.807, 2.05) is 0 Å². The summed E-state index contributed by atoms with van der Waals surface area (Å²) in [5.41, 5.74) is 8.11. The number of anilines is 2. The van der Waals surface area contributed by atoms with E-state index in [4.69, 9.17) is 22.6 Å². The van der Waals surface area contributed by atoms with Gasteiger partial charge in [0.05, 0.1) is 16.3 Å². The average molecular weight is 276 g/mol. The van der Waals surface area contributed by atoms with Crippen LogP contribution in [0.5, 0.6) is 0 Å². The van der Waals surface area contributed by atoms with Gasteiger partial charge in [0.2, 0.25) is 0 Å². The molecule has 0 unspecified atom stereocenters. The molecule has 3 nitrogen and oxygen atoms in total. The number of benzene rings is 2. The Morgan fingerprint density at radius 2 is 2.05 bits per heavy atom. The number of hydrogen-bond donors (Lipinski definition) is 2. The quantitative estimate of drug-likeness (QED) is 0.842. The molecular weight excluding hydrogens is 265 g/mol. The minimum absolute atomic E-state index is 0.0807. The third kappa shape index (κ3) is 3.15. The maximum Gasteiger partial charge on any atom is 0.141 e. The molecule has 2 rings (SSSR count). The Balaban J connectivity index is 2.14. The highest BCUT2D eigenvalue weighted by molar-refractivity contribution is 6.30. The first-order valence-electron chi connectivity index (χ1n) is 5.57. The zero-order valence-corrected chi connectivity index (χ0v) is 10.7. The molecule has 0 aromatic heterocycles. The summed E-state index contributed by atoms with van der Waals surface area (Å²) in [7, 11) is 0. The van der Waals surface area contributed by atoms with Gasteiger partial charge in [0.1, 0.15) is 11.9 Å². The topological polar surface area (TPSA) is 61.8 Å². The lowest BCUT2D eigenvalue weighted by molar-refractivity contribution is 0.627. The van der Waals surface area contributed by atoms with Gasteiger partial charge in [-0.3, -0.25) is 0 Å². The fourth-order valence-electron chi connectivity index (χ4n) is 1.66. The van der Waals surface area contributed by atoms with Gasteiger partial charge in [0.15, 0.2) is 0 Å². The molecule has 19 heavy (non-hydrogen) atoms. The van der Waals surface area contributed by atoms with Crippen molar-refractivity contribution in [3.05, 3.63) is 58.4 Å². The monoisotopic (exact) mass is 275 g/mol. The molecule has 0 heterocycles. The molecule has 0 aliphatic rings. The summed E-state index contributed by atoms with van der Waals surface area (Å²) in [4.78, 5) is 0. The number of halogens is 2. The van der Waals surface area contributed by atoms with Crippen molar-refractivity contribution >= 4 is 23.0 Å². The van der Waals surface area contributed by atoms with Crippen molar-refractivity contribution in [3.8, 4) is 6.07 Å². The van der Waals surface area contributed by atoms with Crippen LogP contribution < -0.4 is 11.1 Å². The van der Waals surface area contributed by atoms with E-state index in [1.54, 1.807) is 30.3 Å². The smallest absolute Gasteiger partial charge is 0.141 e. The molecule has 0 amide bonds. The van der Waals surface area contributed by atoms with Crippen LogP contribution in [0.3, 0.4) is 0 Å². The third-order valence-electron chi connectivity index (χ3n) is 2.63. The van der Waals surface area contributed by atoms with Crippen LogP contribution in [0.1, 0.15) is 11.1 Å². The number of nitrogens with zero attached hydrogens (tertiary/aromatic N) is 1. The first-order valence-corrected chi connectivity index (χ1v) is 5.95. The van der Waals surface area contributed by atoms with Crippen LogP contribution >= 0.6 is 11.6 Å². The van der Waals surface area contributed by atoms with E-state index in [-0.39, 0.29) is 5.02 Å². The van der Waals surface area contributed by atoms with Gasteiger partial charge in [-0.25, -0.2) is 4.39 Å². The van der Waals surface area contributed by atoms with Crippen LogP contribution in [0.25, 0.3) is 0 Å². The van der Waals surface area contributed by atoms with Crippen LogP contribution in [-0.4, -0.2) is 0 Å². The van der Waals surface area contributed by atoms with E-state index in [1.165, 1.54) is 6.07 Å². The van der Waals surface area contributed by atoms with E-state index < -0.39 is 5.82 Å². The van der Waals surface area contributed by atoms with Crippen LogP contribution in [0.15, 0.2) is 36.4 Å². The maximum absolute atomic E-state index is 13.0. The van der Waals surface area contributed by atoms with Crippen LogP contribution in [0, 0.1) is 17.1 Å². The number of rotatable bonds is 3. The lowest BCUT2D eigenvalue weighted by atomic mass is 10.1. The molecule has 0 atom stereocenters. The standard InChI is InChI=1S/C14H11ClFN3/c15-12-5-9(1-3-13(12)16)8-19-14-4-2-11(18)6-10(14)7-17/h1-6,19H,8,18H2. The van der Waals surface area contributed by atoms with Crippen molar-refractivity contribution in [3.63, 3.8) is 0 Å². The van der Waals surface area contributed by atoms with Crippen molar-refractivity contribution in [2.24, 2.45) is 0 Å². The first-order chi connectivity index (χ1) is 9.10. The molecule has 0 bridgehead atoms. The summed E-state index contributed by atoms with van der Waals surface area (Å²) in [6, 6.07) is 11.6. The highest BCUT2D eigenvalue weighted by Crippen LogP contribution is 2.20. The fraction of sp³-hybridized carbons (Fsp3) is 0.0714. The molecule has 2 aromatic rings. The van der Waals surface area contributed by atoms with Crippen molar-refractivity contribution in [1.29, 1.82) is 5.26 Å². The Hall–Kier alpha value is -2.25. The molecule has 0 saturated heterocycles. The summed E-state index contributed by atoms with van der Waals surface area (Å²) in [5, 5.41) is 12.2. The number of nitrogen functional groups attached to an aromatic ring is 1. The van der Waals surface area contributed by atoms with E-state index in [9.17, 15) is 4.39 Å². The number of hydrogen-bond acceptors (Lipinski definition) is 3. The first kappa shape index (κ1) is 13.2. The Bertz CT molecular complexity index is 650. The maximum atomic E-state index is 13.0. The van der Waals surface area contributed by atoms with Crippen molar-refractivity contribution < 1.29 is 4.39 Å².